The van der Waals surface area contributed by atoms with Crippen molar-refractivity contribution in [1.29, 1.82) is 0 Å². The summed E-state index contributed by atoms with van der Waals surface area (Å²) in [6, 6.07) is 12.7. The van der Waals surface area contributed by atoms with Gasteiger partial charge in [0.15, 0.2) is 0 Å². The van der Waals surface area contributed by atoms with Crippen LogP contribution in [-0.2, 0) is 0 Å². The van der Waals surface area contributed by atoms with E-state index in [9.17, 15) is 4.39 Å². The fourth-order valence-corrected chi connectivity index (χ4v) is 2.17. The predicted molar refractivity (Wildman–Crippen MR) is 79.1 cm³/mol. The van der Waals surface area contributed by atoms with E-state index in [0.29, 0.717) is 5.69 Å². The van der Waals surface area contributed by atoms with Crippen LogP contribution in [0.4, 0.5) is 10.1 Å². The summed E-state index contributed by atoms with van der Waals surface area (Å²) in [5, 5.41) is 3.15. The monoisotopic (exact) mass is 323 g/mol. The predicted octanol–water partition coefficient (Wildman–Crippen LogP) is 4.77. The smallest absolute Gasteiger partial charge is 0.147 e. The summed E-state index contributed by atoms with van der Waals surface area (Å²) in [6.07, 6.45) is 0. The summed E-state index contributed by atoms with van der Waals surface area (Å²) in [4.78, 5) is 0. The zero-order chi connectivity index (χ0) is 13.8. The van der Waals surface area contributed by atoms with E-state index in [-0.39, 0.29) is 11.9 Å². The highest BCUT2D eigenvalue weighted by atomic mass is 79.9. The van der Waals surface area contributed by atoms with E-state index >= 15 is 0 Å². The molecule has 1 atom stereocenters. The lowest BCUT2D eigenvalue weighted by atomic mass is 10.1. The van der Waals surface area contributed by atoms with Crippen molar-refractivity contribution in [2.45, 2.75) is 13.0 Å². The van der Waals surface area contributed by atoms with Gasteiger partial charge in [0.05, 0.1) is 12.8 Å². The standard InChI is InChI=1S/C15H15BrFNO/c1-10(11-4-3-5-13(8-11)19-2)18-15-7-6-12(16)9-14(15)17/h3-10,18H,1-2H3. The van der Waals surface area contributed by atoms with Crippen LogP contribution in [0.2, 0.25) is 0 Å². The van der Waals surface area contributed by atoms with E-state index in [4.69, 9.17) is 4.74 Å². The normalized spacial score (nSPS) is 12.0. The van der Waals surface area contributed by atoms with E-state index < -0.39 is 0 Å². The SMILES string of the molecule is COc1cccc(C(C)Nc2ccc(Br)cc2F)c1. The molecule has 100 valence electrons. The number of hydrogen-bond donors (Lipinski definition) is 1. The van der Waals surface area contributed by atoms with Crippen molar-refractivity contribution in [2.24, 2.45) is 0 Å². The van der Waals surface area contributed by atoms with Gasteiger partial charge in [-0.1, -0.05) is 28.1 Å². The van der Waals surface area contributed by atoms with Crippen LogP contribution >= 0.6 is 15.9 Å². The molecule has 2 nitrogen and oxygen atoms in total. The summed E-state index contributed by atoms with van der Waals surface area (Å²) in [7, 11) is 1.63. The Kier molecular flexibility index (Phi) is 4.43. The van der Waals surface area contributed by atoms with Gasteiger partial charge in [-0.15, -0.1) is 0 Å². The maximum absolute atomic E-state index is 13.8. The topological polar surface area (TPSA) is 21.3 Å². The van der Waals surface area contributed by atoms with Crippen molar-refractivity contribution in [1.82, 2.24) is 0 Å². The Hall–Kier alpha value is -1.55. The molecule has 0 heterocycles. The number of methoxy groups -OCH3 is 1. The van der Waals surface area contributed by atoms with Gasteiger partial charge in [-0.2, -0.15) is 0 Å². The van der Waals surface area contributed by atoms with E-state index in [0.717, 1.165) is 15.8 Å². The molecule has 19 heavy (non-hydrogen) atoms. The molecule has 0 amide bonds. The molecule has 2 aromatic rings. The maximum atomic E-state index is 13.8. The summed E-state index contributed by atoms with van der Waals surface area (Å²) in [5.74, 6) is 0.520. The van der Waals surface area contributed by atoms with Gasteiger partial charge in [0, 0.05) is 10.5 Å². The van der Waals surface area contributed by atoms with Crippen molar-refractivity contribution in [3.8, 4) is 5.75 Å². The highest BCUT2D eigenvalue weighted by Crippen LogP contribution is 2.25. The number of rotatable bonds is 4. The summed E-state index contributed by atoms with van der Waals surface area (Å²) >= 11 is 3.24. The Morgan fingerprint density at radius 3 is 2.68 bits per heavy atom. The van der Waals surface area contributed by atoms with Crippen LogP contribution in [-0.4, -0.2) is 7.11 Å². The van der Waals surface area contributed by atoms with Crippen LogP contribution in [0.1, 0.15) is 18.5 Å². The molecular weight excluding hydrogens is 309 g/mol. The molecule has 2 rings (SSSR count). The lowest BCUT2D eigenvalue weighted by Crippen LogP contribution is -2.08. The first kappa shape index (κ1) is 13.9. The fourth-order valence-electron chi connectivity index (χ4n) is 1.83. The van der Waals surface area contributed by atoms with Crippen LogP contribution < -0.4 is 10.1 Å². The first-order valence-corrected chi connectivity index (χ1v) is 6.75. The zero-order valence-electron chi connectivity index (χ0n) is 10.8. The summed E-state index contributed by atoms with van der Waals surface area (Å²) in [6.45, 7) is 1.98. The van der Waals surface area contributed by atoms with Gasteiger partial charge in [0.2, 0.25) is 0 Å². The molecule has 1 N–H and O–H groups in total. The van der Waals surface area contributed by atoms with E-state index in [1.54, 1.807) is 13.2 Å². The number of benzene rings is 2. The number of hydrogen-bond acceptors (Lipinski definition) is 2. The average Bonchev–Trinajstić information content (AvgIpc) is 2.42. The molecule has 0 fully saturated rings. The highest BCUT2D eigenvalue weighted by molar-refractivity contribution is 9.10. The second-order valence-electron chi connectivity index (χ2n) is 4.27. The molecule has 0 spiro atoms. The zero-order valence-corrected chi connectivity index (χ0v) is 12.4. The van der Waals surface area contributed by atoms with Crippen LogP contribution in [0.3, 0.4) is 0 Å². The van der Waals surface area contributed by atoms with Gasteiger partial charge in [-0.3, -0.25) is 0 Å². The second kappa shape index (κ2) is 6.06. The summed E-state index contributed by atoms with van der Waals surface area (Å²) in [5.41, 5.74) is 1.53. The van der Waals surface area contributed by atoms with Crippen molar-refractivity contribution in [3.63, 3.8) is 0 Å². The number of halogens is 2. The molecule has 0 saturated heterocycles. The van der Waals surface area contributed by atoms with Crippen molar-refractivity contribution in [2.75, 3.05) is 12.4 Å². The van der Waals surface area contributed by atoms with Gasteiger partial charge in [-0.05, 0) is 42.8 Å². The third-order valence-electron chi connectivity index (χ3n) is 2.90. The summed E-state index contributed by atoms with van der Waals surface area (Å²) < 4.78 is 19.7. The minimum Gasteiger partial charge on any atom is -0.497 e. The molecule has 0 saturated carbocycles. The molecule has 0 bridgehead atoms. The van der Waals surface area contributed by atoms with Gasteiger partial charge in [0.1, 0.15) is 11.6 Å². The van der Waals surface area contributed by atoms with Gasteiger partial charge < -0.3 is 10.1 Å². The Morgan fingerprint density at radius 1 is 1.21 bits per heavy atom. The third-order valence-corrected chi connectivity index (χ3v) is 3.39. The van der Waals surface area contributed by atoms with Crippen molar-refractivity contribution in [3.05, 3.63) is 58.3 Å². The fraction of sp³-hybridized carbons (Fsp3) is 0.200. The van der Waals surface area contributed by atoms with Gasteiger partial charge >= 0.3 is 0 Å². The molecular formula is C15H15BrFNO. The van der Waals surface area contributed by atoms with Crippen molar-refractivity contribution < 1.29 is 9.13 Å². The van der Waals surface area contributed by atoms with E-state index in [1.807, 2.05) is 37.3 Å². The Balaban J connectivity index is 2.17. The second-order valence-corrected chi connectivity index (χ2v) is 5.18. The minimum atomic E-state index is -0.274. The van der Waals surface area contributed by atoms with Crippen molar-refractivity contribution >= 4 is 21.6 Å². The van der Waals surface area contributed by atoms with E-state index in [1.165, 1.54) is 6.07 Å². The van der Waals surface area contributed by atoms with Gasteiger partial charge in [-0.25, -0.2) is 4.39 Å². The lowest BCUT2D eigenvalue weighted by molar-refractivity contribution is 0.414. The van der Waals surface area contributed by atoms with Crippen LogP contribution in [0.15, 0.2) is 46.9 Å². The van der Waals surface area contributed by atoms with Gasteiger partial charge in [0.25, 0.3) is 0 Å². The number of ether oxygens (including phenoxy) is 1. The molecule has 1 unspecified atom stereocenters. The molecule has 0 aliphatic rings. The Labute approximate surface area is 120 Å². The largest absolute Gasteiger partial charge is 0.497 e. The quantitative estimate of drug-likeness (QED) is 0.875. The van der Waals surface area contributed by atoms with Crippen LogP contribution in [0.5, 0.6) is 5.75 Å². The molecule has 4 heteroatoms. The number of anilines is 1. The molecule has 0 radical (unpaired) electrons. The average molecular weight is 324 g/mol. The van der Waals surface area contributed by atoms with Crippen LogP contribution in [0.25, 0.3) is 0 Å². The molecule has 0 aliphatic heterocycles. The Morgan fingerprint density at radius 2 is 2.00 bits per heavy atom. The molecule has 0 aliphatic carbocycles. The molecule has 0 aromatic heterocycles. The maximum Gasteiger partial charge on any atom is 0.147 e. The first-order chi connectivity index (χ1) is 9.10. The molecule has 2 aromatic carbocycles. The number of nitrogens with one attached hydrogen (secondary N) is 1. The highest BCUT2D eigenvalue weighted by Gasteiger charge is 2.09. The van der Waals surface area contributed by atoms with Crippen LogP contribution in [0, 0.1) is 5.82 Å². The minimum absolute atomic E-state index is 0.00854. The Bertz CT molecular complexity index is 574. The lowest BCUT2D eigenvalue weighted by Gasteiger charge is -2.17. The first-order valence-electron chi connectivity index (χ1n) is 5.95. The third kappa shape index (κ3) is 3.47. The van der Waals surface area contributed by atoms with E-state index in [2.05, 4.69) is 21.2 Å².